The summed E-state index contributed by atoms with van der Waals surface area (Å²) in [4.78, 5) is 12.4. The van der Waals surface area contributed by atoms with E-state index >= 15 is 0 Å². The second-order valence-corrected chi connectivity index (χ2v) is 9.08. The van der Waals surface area contributed by atoms with Crippen LogP contribution in [0.3, 0.4) is 0 Å². The van der Waals surface area contributed by atoms with Gasteiger partial charge in [0.1, 0.15) is 5.78 Å². The number of hydrogen-bond donors (Lipinski definition) is 1. The van der Waals surface area contributed by atoms with E-state index in [4.69, 9.17) is 0 Å². The van der Waals surface area contributed by atoms with Crippen LogP contribution in [0.4, 0.5) is 0 Å². The van der Waals surface area contributed by atoms with Crippen LogP contribution in [0.5, 0.6) is 0 Å². The summed E-state index contributed by atoms with van der Waals surface area (Å²) >= 11 is 0. The minimum Gasteiger partial charge on any atom is -0.393 e. The van der Waals surface area contributed by atoms with Crippen molar-refractivity contribution in [2.75, 3.05) is 0 Å². The fourth-order valence-corrected chi connectivity index (χ4v) is 7.51. The molecule has 1 N–H and O–H groups in total. The Hall–Kier alpha value is -0.370. The molecule has 0 aliphatic heterocycles. The zero-order chi connectivity index (χ0) is 15.5. The van der Waals surface area contributed by atoms with E-state index in [1.165, 1.54) is 32.1 Å². The lowest BCUT2D eigenvalue weighted by Gasteiger charge is -2.61. The quantitative estimate of drug-likeness (QED) is 0.782. The van der Waals surface area contributed by atoms with E-state index in [0.29, 0.717) is 17.1 Å². The molecule has 4 fully saturated rings. The molecule has 0 spiro atoms. The Labute approximate surface area is 135 Å². The number of carbonyl (C=O) groups excluding carboxylic acids is 1. The third kappa shape index (κ3) is 1.85. The van der Waals surface area contributed by atoms with E-state index in [1.54, 1.807) is 0 Å². The molecule has 7 atom stereocenters. The van der Waals surface area contributed by atoms with Gasteiger partial charge in [0.25, 0.3) is 0 Å². The van der Waals surface area contributed by atoms with Crippen molar-refractivity contribution in [3.8, 4) is 0 Å². The summed E-state index contributed by atoms with van der Waals surface area (Å²) in [6.07, 6.45) is 11.5. The molecule has 2 heteroatoms. The maximum absolute atomic E-state index is 12.4. The molecular formula is C20H32O2. The van der Waals surface area contributed by atoms with Gasteiger partial charge < -0.3 is 5.11 Å². The molecule has 0 bridgehead atoms. The van der Waals surface area contributed by atoms with Crippen LogP contribution in [0.15, 0.2) is 0 Å². The van der Waals surface area contributed by atoms with Crippen LogP contribution in [-0.2, 0) is 4.79 Å². The average molecular weight is 304 g/mol. The molecule has 4 rings (SSSR count). The van der Waals surface area contributed by atoms with Crippen LogP contribution >= 0.6 is 0 Å². The van der Waals surface area contributed by atoms with Crippen molar-refractivity contribution in [3.63, 3.8) is 0 Å². The van der Waals surface area contributed by atoms with Gasteiger partial charge in [-0.05, 0) is 86.9 Å². The first-order chi connectivity index (χ1) is 10.5. The molecule has 4 saturated carbocycles. The van der Waals surface area contributed by atoms with Gasteiger partial charge >= 0.3 is 0 Å². The summed E-state index contributed by atoms with van der Waals surface area (Å²) in [6, 6.07) is 0. The molecular weight excluding hydrogens is 272 g/mol. The fourth-order valence-electron chi connectivity index (χ4n) is 7.51. The molecule has 0 aromatic carbocycles. The van der Waals surface area contributed by atoms with E-state index in [9.17, 15) is 9.90 Å². The second-order valence-electron chi connectivity index (χ2n) is 9.08. The molecule has 0 aromatic rings. The van der Waals surface area contributed by atoms with Crippen LogP contribution in [0, 0.1) is 34.5 Å². The summed E-state index contributed by atoms with van der Waals surface area (Å²) < 4.78 is 0. The monoisotopic (exact) mass is 304 g/mol. The van der Waals surface area contributed by atoms with Gasteiger partial charge in [-0.3, -0.25) is 4.79 Å². The van der Waals surface area contributed by atoms with Crippen molar-refractivity contribution in [1.82, 2.24) is 0 Å². The Morgan fingerprint density at radius 2 is 1.91 bits per heavy atom. The Balaban J connectivity index is 1.66. The first kappa shape index (κ1) is 15.2. The van der Waals surface area contributed by atoms with Crippen molar-refractivity contribution < 1.29 is 9.90 Å². The number of hydrogen-bond acceptors (Lipinski definition) is 2. The van der Waals surface area contributed by atoms with E-state index < -0.39 is 0 Å². The Kier molecular flexibility index (Phi) is 3.49. The maximum Gasteiger partial charge on any atom is 0.139 e. The highest BCUT2D eigenvalue weighted by Crippen LogP contribution is 2.66. The number of ketones is 1. The summed E-state index contributed by atoms with van der Waals surface area (Å²) in [7, 11) is 0. The summed E-state index contributed by atoms with van der Waals surface area (Å²) in [6.45, 7) is 4.67. The van der Waals surface area contributed by atoms with Crippen LogP contribution < -0.4 is 0 Å². The largest absolute Gasteiger partial charge is 0.393 e. The normalized spacial score (nSPS) is 54.5. The third-order valence-corrected chi connectivity index (χ3v) is 8.70. The van der Waals surface area contributed by atoms with Gasteiger partial charge in [-0.1, -0.05) is 13.8 Å². The van der Waals surface area contributed by atoms with Crippen molar-refractivity contribution >= 4 is 5.78 Å². The van der Waals surface area contributed by atoms with Gasteiger partial charge in [0.05, 0.1) is 6.10 Å². The van der Waals surface area contributed by atoms with E-state index in [1.807, 2.05) is 0 Å². The van der Waals surface area contributed by atoms with E-state index in [0.717, 1.165) is 49.9 Å². The molecule has 0 radical (unpaired) electrons. The number of rotatable bonds is 1. The predicted molar refractivity (Wildman–Crippen MR) is 87.4 cm³/mol. The number of fused-ring (bicyclic) bond motifs is 5. The molecule has 2 nitrogen and oxygen atoms in total. The van der Waals surface area contributed by atoms with Crippen LogP contribution in [-0.4, -0.2) is 17.0 Å². The first-order valence-electron chi connectivity index (χ1n) is 9.72. The average Bonchev–Trinajstić information content (AvgIpc) is 2.82. The maximum atomic E-state index is 12.4. The number of aliphatic hydroxyl groups excluding tert-OH is 1. The Bertz CT molecular complexity index is 472. The van der Waals surface area contributed by atoms with Crippen LogP contribution in [0.2, 0.25) is 0 Å². The van der Waals surface area contributed by atoms with Gasteiger partial charge in [0.15, 0.2) is 0 Å². The molecule has 0 aromatic heterocycles. The highest BCUT2D eigenvalue weighted by Gasteiger charge is 2.60. The molecule has 0 unspecified atom stereocenters. The predicted octanol–water partition coefficient (Wildman–Crippen LogP) is 4.35. The van der Waals surface area contributed by atoms with Crippen LogP contribution in [0.25, 0.3) is 0 Å². The Morgan fingerprint density at radius 3 is 2.68 bits per heavy atom. The topological polar surface area (TPSA) is 37.3 Å². The molecule has 4 aliphatic carbocycles. The molecule has 0 amide bonds. The molecule has 0 saturated heterocycles. The highest BCUT2D eigenvalue weighted by atomic mass is 16.3. The van der Waals surface area contributed by atoms with Gasteiger partial charge in [-0.2, -0.15) is 0 Å². The molecule has 4 aliphatic rings. The van der Waals surface area contributed by atoms with Gasteiger partial charge in [-0.15, -0.1) is 0 Å². The lowest BCUT2D eigenvalue weighted by atomic mass is 9.44. The zero-order valence-electron chi connectivity index (χ0n) is 14.3. The fraction of sp³-hybridized carbons (Fsp3) is 0.950. The van der Waals surface area contributed by atoms with E-state index in [-0.39, 0.29) is 11.5 Å². The van der Waals surface area contributed by atoms with Crippen molar-refractivity contribution in [2.45, 2.75) is 84.2 Å². The van der Waals surface area contributed by atoms with Gasteiger partial charge in [-0.25, -0.2) is 0 Å². The zero-order valence-corrected chi connectivity index (χ0v) is 14.3. The third-order valence-electron chi connectivity index (χ3n) is 8.70. The summed E-state index contributed by atoms with van der Waals surface area (Å²) in [5.41, 5.74) is 0.492. The van der Waals surface area contributed by atoms with E-state index in [2.05, 4.69) is 13.8 Å². The molecule has 124 valence electrons. The minimum absolute atomic E-state index is 0.0110. The smallest absolute Gasteiger partial charge is 0.139 e. The summed E-state index contributed by atoms with van der Waals surface area (Å²) in [5.74, 6) is 3.57. The minimum atomic E-state index is -0.0526. The molecule has 22 heavy (non-hydrogen) atoms. The van der Waals surface area contributed by atoms with Crippen molar-refractivity contribution in [3.05, 3.63) is 0 Å². The lowest BCUT2D eigenvalue weighted by Crippen LogP contribution is -2.55. The number of carbonyl (C=O) groups is 1. The standard InChI is InChI=1S/C20H32O2/c1-3-20-11-8-14(21)12-13(20)4-5-15-16-6-7-18(22)19(16,2)10-9-17(15)20/h13-17,21H,3-12H2,1-2H3/t13-,14-,15-,16-,17-,19-,20-/m0/s1. The van der Waals surface area contributed by atoms with Crippen molar-refractivity contribution in [2.24, 2.45) is 34.5 Å². The lowest BCUT2D eigenvalue weighted by molar-refractivity contribution is -0.146. The van der Waals surface area contributed by atoms with Crippen LogP contribution in [0.1, 0.15) is 78.1 Å². The second kappa shape index (κ2) is 5.06. The van der Waals surface area contributed by atoms with Gasteiger partial charge in [0.2, 0.25) is 0 Å². The SMILES string of the molecule is CC[C@]12CC[C@H](O)C[C@@H]1CC[C@@H]1[C@@H]2CC[C@]2(C)C(=O)CC[C@@H]12. The Morgan fingerprint density at radius 1 is 1.09 bits per heavy atom. The van der Waals surface area contributed by atoms with Gasteiger partial charge in [0, 0.05) is 11.8 Å². The number of aliphatic hydroxyl groups is 1. The summed E-state index contributed by atoms with van der Waals surface area (Å²) in [5, 5.41) is 10.1. The van der Waals surface area contributed by atoms with Crippen molar-refractivity contribution in [1.29, 1.82) is 0 Å². The highest BCUT2D eigenvalue weighted by molar-refractivity contribution is 5.87. The number of Topliss-reactive ketones (excluding diaryl/α,β-unsaturated/α-hetero) is 1. The first-order valence-corrected chi connectivity index (χ1v) is 9.72. The molecule has 0 heterocycles.